The predicted octanol–water partition coefficient (Wildman–Crippen LogP) is 3.23. The minimum atomic E-state index is -0.511. The lowest BCUT2D eigenvalue weighted by molar-refractivity contribution is -0.384. The number of aromatic nitrogens is 2. The molecule has 1 heterocycles. The number of nitro benzene ring substituents is 1. The number of carbonyl (C=O) groups is 1. The van der Waals surface area contributed by atoms with E-state index >= 15 is 0 Å². The van der Waals surface area contributed by atoms with E-state index in [1.165, 1.54) is 29.2 Å². The molecule has 2 aromatic carbocycles. The molecule has 0 aliphatic rings. The number of nitrogens with zero attached hydrogens (tertiary/aromatic N) is 4. The van der Waals surface area contributed by atoms with Crippen molar-refractivity contribution in [3.05, 3.63) is 75.7 Å². The fourth-order valence-corrected chi connectivity index (χ4v) is 2.36. The van der Waals surface area contributed by atoms with Crippen LogP contribution in [0.3, 0.4) is 0 Å². The zero-order valence-electron chi connectivity index (χ0n) is 14.2. The van der Waals surface area contributed by atoms with E-state index in [0.29, 0.717) is 17.3 Å². The molecular weight excluding hydrogens is 336 g/mol. The van der Waals surface area contributed by atoms with Crippen LogP contribution in [0.2, 0.25) is 0 Å². The van der Waals surface area contributed by atoms with Gasteiger partial charge in [0.1, 0.15) is 0 Å². The molecule has 8 nitrogen and oxygen atoms in total. The average molecular weight is 352 g/mol. The van der Waals surface area contributed by atoms with Gasteiger partial charge in [0, 0.05) is 30.3 Å². The number of amides is 1. The Kier molecular flexibility index (Phi) is 4.74. The first-order chi connectivity index (χ1) is 12.4. The Morgan fingerprint density at radius 2 is 1.81 bits per heavy atom. The van der Waals surface area contributed by atoms with E-state index in [1.807, 2.05) is 31.2 Å². The van der Waals surface area contributed by atoms with Crippen LogP contribution in [0.5, 0.6) is 0 Å². The zero-order valence-corrected chi connectivity index (χ0v) is 14.2. The number of hydrogen-bond acceptors (Lipinski definition) is 6. The van der Waals surface area contributed by atoms with Crippen molar-refractivity contribution in [1.29, 1.82) is 0 Å². The van der Waals surface area contributed by atoms with Gasteiger partial charge in [0.05, 0.1) is 11.5 Å². The summed E-state index contributed by atoms with van der Waals surface area (Å²) < 4.78 is 5.21. The van der Waals surface area contributed by atoms with Gasteiger partial charge in [-0.1, -0.05) is 35.0 Å². The summed E-state index contributed by atoms with van der Waals surface area (Å²) in [6.45, 7) is 2.12. The Bertz CT molecular complexity index is 933. The van der Waals surface area contributed by atoms with Gasteiger partial charge in [0.2, 0.25) is 11.7 Å². The van der Waals surface area contributed by atoms with Crippen LogP contribution in [0.15, 0.2) is 53.1 Å². The lowest BCUT2D eigenvalue weighted by atomic mass is 10.1. The van der Waals surface area contributed by atoms with Crippen LogP contribution < -0.4 is 0 Å². The van der Waals surface area contributed by atoms with Gasteiger partial charge >= 0.3 is 0 Å². The molecule has 0 aliphatic heterocycles. The first-order valence-corrected chi connectivity index (χ1v) is 7.83. The maximum absolute atomic E-state index is 12.4. The van der Waals surface area contributed by atoms with Crippen molar-refractivity contribution in [2.24, 2.45) is 0 Å². The van der Waals surface area contributed by atoms with Gasteiger partial charge in [-0.15, -0.1) is 0 Å². The summed E-state index contributed by atoms with van der Waals surface area (Å²) >= 11 is 0. The second kappa shape index (κ2) is 7.14. The van der Waals surface area contributed by atoms with Crippen LogP contribution >= 0.6 is 0 Å². The van der Waals surface area contributed by atoms with Gasteiger partial charge in [-0.05, 0) is 19.1 Å². The van der Waals surface area contributed by atoms with E-state index in [-0.39, 0.29) is 18.1 Å². The van der Waals surface area contributed by atoms with Crippen LogP contribution in [0.25, 0.3) is 11.4 Å². The highest BCUT2D eigenvalue weighted by Gasteiger charge is 2.17. The molecule has 1 amide bonds. The number of hydrogen-bond donors (Lipinski definition) is 0. The van der Waals surface area contributed by atoms with Crippen molar-refractivity contribution in [3.63, 3.8) is 0 Å². The summed E-state index contributed by atoms with van der Waals surface area (Å²) in [5.74, 6) is 0.463. The number of non-ortho nitro benzene ring substituents is 1. The molecule has 8 heteroatoms. The van der Waals surface area contributed by atoms with E-state index in [2.05, 4.69) is 10.1 Å². The summed E-state index contributed by atoms with van der Waals surface area (Å²) in [6.07, 6.45) is 0. The molecule has 0 radical (unpaired) electrons. The Hall–Kier alpha value is -3.55. The van der Waals surface area contributed by atoms with Crippen molar-refractivity contribution >= 4 is 11.6 Å². The second-order valence-corrected chi connectivity index (χ2v) is 5.84. The normalized spacial score (nSPS) is 10.5. The molecule has 1 aromatic heterocycles. The van der Waals surface area contributed by atoms with Gasteiger partial charge < -0.3 is 9.42 Å². The van der Waals surface area contributed by atoms with Crippen LogP contribution in [0.4, 0.5) is 5.69 Å². The first-order valence-electron chi connectivity index (χ1n) is 7.83. The fourth-order valence-electron chi connectivity index (χ4n) is 2.36. The van der Waals surface area contributed by atoms with E-state index in [4.69, 9.17) is 4.52 Å². The maximum atomic E-state index is 12.4. The fraction of sp³-hybridized carbons (Fsp3) is 0.167. The lowest BCUT2D eigenvalue weighted by Gasteiger charge is -2.14. The standard InChI is InChI=1S/C18H16N4O4/c1-12-3-5-13(6-4-12)17-19-16(26-20-17)11-21(2)18(23)14-7-9-15(10-8-14)22(24)25/h3-10H,11H2,1-2H3. The van der Waals surface area contributed by atoms with Gasteiger partial charge in [0.25, 0.3) is 11.6 Å². The SMILES string of the molecule is Cc1ccc(-c2noc(CN(C)C(=O)c3ccc([N+](=O)[O-])cc3)n2)cc1. The Labute approximate surface area is 149 Å². The van der Waals surface area contributed by atoms with Crippen LogP contribution in [-0.2, 0) is 6.54 Å². The van der Waals surface area contributed by atoms with Crippen molar-refractivity contribution < 1.29 is 14.2 Å². The average Bonchev–Trinajstić information content (AvgIpc) is 3.10. The number of rotatable bonds is 5. The van der Waals surface area contributed by atoms with Crippen LogP contribution in [0.1, 0.15) is 21.8 Å². The highest BCUT2D eigenvalue weighted by molar-refractivity contribution is 5.94. The smallest absolute Gasteiger partial charge is 0.269 e. The van der Waals surface area contributed by atoms with Gasteiger partial charge in [-0.25, -0.2) is 0 Å². The minimum Gasteiger partial charge on any atom is -0.337 e. The molecule has 0 bridgehead atoms. The van der Waals surface area contributed by atoms with Crippen molar-refractivity contribution in [2.45, 2.75) is 13.5 Å². The van der Waals surface area contributed by atoms with E-state index in [0.717, 1.165) is 11.1 Å². The number of benzene rings is 2. The Morgan fingerprint density at radius 3 is 2.42 bits per heavy atom. The molecule has 0 atom stereocenters. The minimum absolute atomic E-state index is 0.0659. The topological polar surface area (TPSA) is 102 Å². The molecule has 0 spiro atoms. The summed E-state index contributed by atoms with van der Waals surface area (Å²) in [5, 5.41) is 14.6. The predicted molar refractivity (Wildman–Crippen MR) is 93.4 cm³/mol. The third-order valence-corrected chi connectivity index (χ3v) is 3.82. The largest absolute Gasteiger partial charge is 0.337 e. The molecule has 0 unspecified atom stereocenters. The third kappa shape index (κ3) is 3.75. The monoisotopic (exact) mass is 352 g/mol. The molecular formula is C18H16N4O4. The zero-order chi connectivity index (χ0) is 18.7. The number of nitro groups is 1. The number of carbonyl (C=O) groups excluding carboxylic acids is 1. The van der Waals surface area contributed by atoms with Gasteiger partial charge in [-0.2, -0.15) is 4.98 Å². The molecule has 3 rings (SSSR count). The van der Waals surface area contributed by atoms with E-state index in [1.54, 1.807) is 7.05 Å². The Morgan fingerprint density at radius 1 is 1.15 bits per heavy atom. The van der Waals surface area contributed by atoms with Gasteiger partial charge in [-0.3, -0.25) is 14.9 Å². The third-order valence-electron chi connectivity index (χ3n) is 3.82. The molecule has 132 valence electrons. The summed E-state index contributed by atoms with van der Waals surface area (Å²) in [7, 11) is 1.60. The van der Waals surface area contributed by atoms with Crippen molar-refractivity contribution in [2.75, 3.05) is 7.05 Å². The summed E-state index contributed by atoms with van der Waals surface area (Å²) in [4.78, 5) is 28.3. The molecule has 0 N–H and O–H groups in total. The molecule has 0 fully saturated rings. The Balaban J connectivity index is 1.69. The molecule has 0 saturated carbocycles. The van der Waals surface area contributed by atoms with E-state index in [9.17, 15) is 14.9 Å². The van der Waals surface area contributed by atoms with Crippen LogP contribution in [-0.4, -0.2) is 32.9 Å². The summed E-state index contributed by atoms with van der Waals surface area (Å²) in [6, 6.07) is 13.1. The maximum Gasteiger partial charge on any atom is 0.269 e. The van der Waals surface area contributed by atoms with Crippen molar-refractivity contribution in [1.82, 2.24) is 15.0 Å². The second-order valence-electron chi connectivity index (χ2n) is 5.84. The molecule has 0 saturated heterocycles. The van der Waals surface area contributed by atoms with Gasteiger partial charge in [0.15, 0.2) is 0 Å². The molecule has 26 heavy (non-hydrogen) atoms. The quantitative estimate of drug-likeness (QED) is 0.516. The lowest BCUT2D eigenvalue weighted by Crippen LogP contribution is -2.26. The highest BCUT2D eigenvalue weighted by atomic mass is 16.6. The number of aryl methyl sites for hydroxylation is 1. The highest BCUT2D eigenvalue weighted by Crippen LogP contribution is 2.18. The van der Waals surface area contributed by atoms with Crippen LogP contribution in [0, 0.1) is 17.0 Å². The molecule has 0 aliphatic carbocycles. The molecule has 3 aromatic rings. The van der Waals surface area contributed by atoms with E-state index < -0.39 is 4.92 Å². The van der Waals surface area contributed by atoms with Crippen molar-refractivity contribution in [3.8, 4) is 11.4 Å². The first kappa shape index (κ1) is 17.3. The summed E-state index contributed by atoms with van der Waals surface area (Å²) in [5.41, 5.74) is 2.24.